The third-order valence-electron chi connectivity index (χ3n) is 2.49. The summed E-state index contributed by atoms with van der Waals surface area (Å²) in [6, 6.07) is 0. The summed E-state index contributed by atoms with van der Waals surface area (Å²) in [6.07, 6.45) is -6.08. The number of hydrogen-bond acceptors (Lipinski definition) is 3. The third-order valence-corrected chi connectivity index (χ3v) is 2.49. The number of hydrogen-bond donors (Lipinski definition) is 3. The Bertz CT molecular complexity index is 440. The van der Waals surface area contributed by atoms with Gasteiger partial charge in [-0.15, -0.1) is 0 Å². The number of carbonyl (C=O) groups is 1. The van der Waals surface area contributed by atoms with Crippen LogP contribution in [0.4, 0.5) is 13.2 Å². The lowest BCUT2D eigenvalue weighted by Gasteiger charge is -2.32. The van der Waals surface area contributed by atoms with Gasteiger partial charge in [-0.2, -0.15) is 18.3 Å². The summed E-state index contributed by atoms with van der Waals surface area (Å²) < 4.78 is 37.2. The van der Waals surface area contributed by atoms with E-state index in [1.807, 2.05) is 0 Å². The average Bonchev–Trinajstić information content (AvgIpc) is 2.61. The second-order valence-corrected chi connectivity index (χ2v) is 4.55. The maximum absolute atomic E-state index is 12.4. The highest BCUT2D eigenvalue weighted by Gasteiger charge is 2.48. The minimum absolute atomic E-state index is 0.0671. The summed E-state index contributed by atoms with van der Waals surface area (Å²) in [6.45, 7) is 3.77. The summed E-state index contributed by atoms with van der Waals surface area (Å²) >= 11 is 0. The van der Waals surface area contributed by atoms with E-state index in [0.717, 1.165) is 13.8 Å². The van der Waals surface area contributed by atoms with Crippen LogP contribution in [0.2, 0.25) is 0 Å². The van der Waals surface area contributed by atoms with Crippen molar-refractivity contribution < 1.29 is 23.1 Å². The maximum atomic E-state index is 12.4. The molecule has 18 heavy (non-hydrogen) atoms. The molecule has 0 aliphatic rings. The SMILES string of the molecule is Cc1cn[nH]c1C(=O)NC(C)(C)C(O)C(F)(F)F. The Morgan fingerprint density at radius 3 is 2.44 bits per heavy atom. The van der Waals surface area contributed by atoms with Crippen molar-refractivity contribution in [2.75, 3.05) is 0 Å². The minimum atomic E-state index is -4.81. The number of nitrogens with one attached hydrogen (secondary N) is 2. The number of halogens is 3. The van der Waals surface area contributed by atoms with Gasteiger partial charge in [0.15, 0.2) is 6.10 Å². The topological polar surface area (TPSA) is 78.0 Å². The summed E-state index contributed by atoms with van der Waals surface area (Å²) in [5.41, 5.74) is -1.27. The zero-order valence-corrected chi connectivity index (χ0v) is 10.1. The normalized spacial score (nSPS) is 14.4. The molecule has 0 aliphatic carbocycles. The number of aliphatic hydroxyl groups excluding tert-OH is 1. The van der Waals surface area contributed by atoms with Gasteiger partial charge in [-0.3, -0.25) is 9.89 Å². The van der Waals surface area contributed by atoms with E-state index >= 15 is 0 Å². The van der Waals surface area contributed by atoms with Crippen molar-refractivity contribution in [1.82, 2.24) is 15.5 Å². The van der Waals surface area contributed by atoms with Gasteiger partial charge in [0, 0.05) is 0 Å². The van der Waals surface area contributed by atoms with E-state index in [0.29, 0.717) is 5.56 Å². The van der Waals surface area contributed by atoms with Gasteiger partial charge >= 0.3 is 6.18 Å². The molecule has 0 aliphatic heterocycles. The van der Waals surface area contributed by atoms with Crippen LogP contribution in [0.5, 0.6) is 0 Å². The minimum Gasteiger partial charge on any atom is -0.382 e. The highest BCUT2D eigenvalue weighted by Crippen LogP contribution is 2.28. The average molecular weight is 265 g/mol. The van der Waals surface area contributed by atoms with Crippen molar-refractivity contribution in [3.63, 3.8) is 0 Å². The quantitative estimate of drug-likeness (QED) is 0.767. The molecule has 0 bridgehead atoms. The van der Waals surface area contributed by atoms with Crippen LogP contribution < -0.4 is 5.32 Å². The van der Waals surface area contributed by atoms with Crippen LogP contribution in [0.15, 0.2) is 6.20 Å². The fourth-order valence-electron chi connectivity index (χ4n) is 1.41. The van der Waals surface area contributed by atoms with E-state index in [-0.39, 0.29) is 5.69 Å². The number of nitrogens with zero attached hydrogens (tertiary/aromatic N) is 1. The van der Waals surface area contributed by atoms with Gasteiger partial charge in [-0.1, -0.05) is 0 Å². The van der Waals surface area contributed by atoms with Crippen molar-refractivity contribution in [2.45, 2.75) is 38.6 Å². The zero-order valence-electron chi connectivity index (χ0n) is 10.1. The number of carbonyl (C=O) groups excluding carboxylic acids is 1. The van der Waals surface area contributed by atoms with E-state index in [9.17, 15) is 18.0 Å². The van der Waals surface area contributed by atoms with Crippen LogP contribution in [0.1, 0.15) is 29.9 Å². The molecule has 1 amide bonds. The van der Waals surface area contributed by atoms with Gasteiger partial charge in [0.05, 0.1) is 11.7 Å². The van der Waals surface area contributed by atoms with Crippen LogP contribution in [-0.4, -0.2) is 39.0 Å². The molecule has 1 rings (SSSR count). The van der Waals surface area contributed by atoms with Crippen LogP contribution >= 0.6 is 0 Å². The molecule has 1 aromatic heterocycles. The van der Waals surface area contributed by atoms with Gasteiger partial charge in [-0.25, -0.2) is 0 Å². The largest absolute Gasteiger partial charge is 0.416 e. The Hall–Kier alpha value is -1.57. The predicted molar refractivity (Wildman–Crippen MR) is 56.9 cm³/mol. The number of aryl methyl sites for hydroxylation is 1. The molecule has 1 heterocycles. The molecule has 8 heteroatoms. The number of amides is 1. The van der Waals surface area contributed by atoms with Gasteiger partial charge < -0.3 is 10.4 Å². The Kier molecular flexibility index (Phi) is 3.70. The molecule has 0 spiro atoms. The molecule has 1 unspecified atom stereocenters. The van der Waals surface area contributed by atoms with Crippen LogP contribution in [-0.2, 0) is 0 Å². The predicted octanol–water partition coefficient (Wildman–Crippen LogP) is 1.15. The number of alkyl halides is 3. The van der Waals surface area contributed by atoms with Gasteiger partial charge in [-0.05, 0) is 26.3 Å². The number of H-pyrrole nitrogens is 1. The van der Waals surface area contributed by atoms with E-state index in [1.165, 1.54) is 6.20 Å². The fraction of sp³-hybridized carbons (Fsp3) is 0.600. The molecule has 1 aromatic rings. The molecular weight excluding hydrogens is 251 g/mol. The number of aromatic nitrogens is 2. The van der Waals surface area contributed by atoms with Crippen LogP contribution in [0, 0.1) is 6.92 Å². The van der Waals surface area contributed by atoms with Crippen molar-refractivity contribution in [3.8, 4) is 0 Å². The highest BCUT2D eigenvalue weighted by atomic mass is 19.4. The maximum Gasteiger partial charge on any atom is 0.416 e. The molecule has 3 N–H and O–H groups in total. The van der Waals surface area contributed by atoms with Crippen molar-refractivity contribution in [1.29, 1.82) is 0 Å². The first-order chi connectivity index (χ1) is 8.05. The smallest absolute Gasteiger partial charge is 0.382 e. The monoisotopic (exact) mass is 265 g/mol. The molecule has 0 saturated heterocycles. The second kappa shape index (κ2) is 4.60. The molecular formula is C10H14F3N3O2. The molecule has 0 saturated carbocycles. The Morgan fingerprint density at radius 1 is 1.50 bits per heavy atom. The summed E-state index contributed by atoms with van der Waals surface area (Å²) in [5, 5.41) is 17.3. The van der Waals surface area contributed by atoms with Crippen LogP contribution in [0.25, 0.3) is 0 Å². The number of rotatable bonds is 3. The molecule has 102 valence electrons. The molecule has 0 aromatic carbocycles. The standard InChI is InChI=1S/C10H14F3N3O2/c1-5-4-14-16-6(5)7(17)15-9(2,3)8(18)10(11,12)13/h4,8,18H,1-3H3,(H,14,16)(H,15,17). The molecule has 0 radical (unpaired) electrons. The lowest BCUT2D eigenvalue weighted by atomic mass is 9.96. The summed E-state index contributed by atoms with van der Waals surface area (Å²) in [4.78, 5) is 11.7. The van der Waals surface area contributed by atoms with E-state index in [1.54, 1.807) is 6.92 Å². The third kappa shape index (κ3) is 3.00. The Labute approximate surface area is 101 Å². The summed E-state index contributed by atoms with van der Waals surface area (Å²) in [7, 11) is 0. The van der Waals surface area contributed by atoms with Crippen LogP contribution in [0.3, 0.4) is 0 Å². The number of aliphatic hydroxyl groups is 1. The first kappa shape index (κ1) is 14.5. The van der Waals surface area contributed by atoms with Crippen molar-refractivity contribution in [2.24, 2.45) is 0 Å². The van der Waals surface area contributed by atoms with Gasteiger partial charge in [0.25, 0.3) is 5.91 Å². The first-order valence-electron chi connectivity index (χ1n) is 5.13. The van der Waals surface area contributed by atoms with Gasteiger partial charge in [0.1, 0.15) is 5.69 Å². The fourth-order valence-corrected chi connectivity index (χ4v) is 1.41. The Balaban J connectivity index is 2.84. The lowest BCUT2D eigenvalue weighted by molar-refractivity contribution is -0.222. The molecule has 5 nitrogen and oxygen atoms in total. The van der Waals surface area contributed by atoms with Gasteiger partial charge in [0.2, 0.25) is 0 Å². The molecule has 1 atom stereocenters. The van der Waals surface area contributed by atoms with Crippen molar-refractivity contribution in [3.05, 3.63) is 17.5 Å². The highest BCUT2D eigenvalue weighted by molar-refractivity contribution is 5.94. The van der Waals surface area contributed by atoms with E-state index in [4.69, 9.17) is 5.11 Å². The molecule has 0 fully saturated rings. The second-order valence-electron chi connectivity index (χ2n) is 4.55. The first-order valence-corrected chi connectivity index (χ1v) is 5.13. The lowest BCUT2D eigenvalue weighted by Crippen LogP contribution is -2.57. The summed E-state index contributed by atoms with van der Waals surface area (Å²) in [5.74, 6) is -0.752. The Morgan fingerprint density at radius 2 is 2.06 bits per heavy atom. The van der Waals surface area contributed by atoms with E-state index < -0.39 is 23.7 Å². The zero-order chi connectivity index (χ0) is 14.1. The number of aromatic amines is 1. The van der Waals surface area contributed by atoms with Crippen molar-refractivity contribution >= 4 is 5.91 Å². The van der Waals surface area contributed by atoms with E-state index in [2.05, 4.69) is 15.5 Å².